The molecule has 0 aliphatic heterocycles. The average molecular weight is 260 g/mol. The van der Waals surface area contributed by atoms with Gasteiger partial charge in [0.15, 0.2) is 0 Å². The Morgan fingerprint density at radius 2 is 1.45 bits per heavy atom. The fourth-order valence-electron chi connectivity index (χ4n) is 2.84. The van der Waals surface area contributed by atoms with Crippen molar-refractivity contribution in [3.63, 3.8) is 0 Å². The van der Waals surface area contributed by atoms with Crippen LogP contribution in [0.25, 0.3) is 32.7 Å². The van der Waals surface area contributed by atoms with Crippen molar-refractivity contribution in [2.24, 2.45) is 0 Å². The molecule has 0 aliphatic carbocycles. The lowest BCUT2D eigenvalue weighted by atomic mass is 10.0. The summed E-state index contributed by atoms with van der Waals surface area (Å²) in [7, 11) is 0. The minimum absolute atomic E-state index is 0.520. The van der Waals surface area contributed by atoms with Crippen LogP contribution < -0.4 is 0 Å². The van der Waals surface area contributed by atoms with E-state index in [1.165, 1.54) is 27.1 Å². The molecule has 0 N–H and O–H groups in total. The first-order chi connectivity index (χ1) is 9.72. The summed E-state index contributed by atoms with van der Waals surface area (Å²) in [6.07, 6.45) is 0. The number of hydrogen-bond donors (Lipinski definition) is 0. The molecule has 4 rings (SSSR count). The maximum Gasteiger partial charge on any atom is 0.136 e. The zero-order valence-corrected chi connectivity index (χ0v) is 11.7. The molecule has 1 heterocycles. The quantitative estimate of drug-likeness (QED) is 0.417. The third-order valence-corrected chi connectivity index (χ3v) is 4.03. The summed E-state index contributed by atoms with van der Waals surface area (Å²) < 4.78 is 6.05. The van der Waals surface area contributed by atoms with Gasteiger partial charge in [-0.3, -0.25) is 0 Å². The van der Waals surface area contributed by atoms with Gasteiger partial charge >= 0.3 is 0 Å². The lowest BCUT2D eigenvalue weighted by molar-refractivity contribution is 0.668. The van der Waals surface area contributed by atoms with Gasteiger partial charge in [0.1, 0.15) is 11.2 Å². The highest BCUT2D eigenvalue weighted by Crippen LogP contribution is 2.33. The normalized spacial score (nSPS) is 11.9. The van der Waals surface area contributed by atoms with Gasteiger partial charge in [0.05, 0.1) is 0 Å². The van der Waals surface area contributed by atoms with Crippen LogP contribution in [-0.2, 0) is 0 Å². The van der Waals surface area contributed by atoms with E-state index in [1.807, 2.05) is 0 Å². The topological polar surface area (TPSA) is 13.1 Å². The zero-order valence-electron chi connectivity index (χ0n) is 11.7. The van der Waals surface area contributed by atoms with Gasteiger partial charge in [0, 0.05) is 10.8 Å². The van der Waals surface area contributed by atoms with E-state index < -0.39 is 0 Å². The van der Waals surface area contributed by atoms with Crippen molar-refractivity contribution >= 4 is 32.7 Å². The van der Waals surface area contributed by atoms with Crippen LogP contribution in [0.4, 0.5) is 0 Å². The number of furan rings is 1. The Bertz CT molecular complexity index is 928. The van der Waals surface area contributed by atoms with Crippen molar-refractivity contribution in [3.05, 3.63) is 60.2 Å². The van der Waals surface area contributed by atoms with Crippen molar-refractivity contribution in [3.8, 4) is 0 Å². The van der Waals surface area contributed by atoms with Gasteiger partial charge in [-0.1, -0.05) is 50.2 Å². The van der Waals surface area contributed by atoms with Gasteiger partial charge < -0.3 is 4.42 Å². The Hall–Kier alpha value is -2.28. The van der Waals surface area contributed by atoms with Crippen LogP contribution in [-0.4, -0.2) is 0 Å². The molecular weight excluding hydrogens is 244 g/mol. The van der Waals surface area contributed by atoms with Crippen LogP contribution in [0.2, 0.25) is 0 Å². The smallest absolute Gasteiger partial charge is 0.136 e. The molecule has 98 valence electrons. The Balaban J connectivity index is 2.10. The Morgan fingerprint density at radius 3 is 2.20 bits per heavy atom. The van der Waals surface area contributed by atoms with Gasteiger partial charge in [-0.15, -0.1) is 0 Å². The second-order valence-corrected chi connectivity index (χ2v) is 5.71. The first-order valence-corrected chi connectivity index (χ1v) is 7.07. The number of fused-ring (bicyclic) bond motifs is 4. The van der Waals surface area contributed by atoms with E-state index in [1.54, 1.807) is 0 Å². The molecule has 1 heteroatoms. The maximum atomic E-state index is 6.05. The second kappa shape index (κ2) is 4.11. The van der Waals surface area contributed by atoms with Gasteiger partial charge in [-0.25, -0.2) is 0 Å². The molecule has 0 atom stereocenters. The van der Waals surface area contributed by atoms with E-state index in [0.717, 1.165) is 11.2 Å². The molecular formula is C19H16O. The fourth-order valence-corrected chi connectivity index (χ4v) is 2.84. The van der Waals surface area contributed by atoms with Crippen molar-refractivity contribution in [1.29, 1.82) is 0 Å². The summed E-state index contributed by atoms with van der Waals surface area (Å²) >= 11 is 0. The van der Waals surface area contributed by atoms with Crippen molar-refractivity contribution in [2.45, 2.75) is 19.8 Å². The molecule has 4 aromatic rings. The monoisotopic (exact) mass is 260 g/mol. The van der Waals surface area contributed by atoms with Crippen LogP contribution in [0.15, 0.2) is 59.0 Å². The molecule has 0 saturated heterocycles. The third kappa shape index (κ3) is 1.63. The molecule has 0 bridgehead atoms. The molecule has 0 aliphatic rings. The molecule has 1 aromatic heterocycles. The maximum absolute atomic E-state index is 6.05. The number of hydrogen-bond acceptors (Lipinski definition) is 1. The summed E-state index contributed by atoms with van der Waals surface area (Å²) in [6.45, 7) is 4.41. The zero-order chi connectivity index (χ0) is 13.7. The SMILES string of the molecule is CC(C)c1ccc2c(c1)oc1cc3ccccc3cc12. The van der Waals surface area contributed by atoms with Gasteiger partial charge in [-0.05, 0) is 40.5 Å². The van der Waals surface area contributed by atoms with E-state index in [-0.39, 0.29) is 0 Å². The third-order valence-electron chi connectivity index (χ3n) is 4.03. The first kappa shape index (κ1) is 11.5. The first-order valence-electron chi connectivity index (χ1n) is 7.07. The van der Waals surface area contributed by atoms with Crippen molar-refractivity contribution < 1.29 is 4.42 Å². The standard InChI is InChI=1S/C19H16O/c1-12(2)13-7-8-16-17-9-14-5-3-4-6-15(14)11-19(17)20-18(16)10-13/h3-12H,1-2H3. The van der Waals surface area contributed by atoms with E-state index in [2.05, 4.69) is 68.4 Å². The van der Waals surface area contributed by atoms with E-state index in [0.29, 0.717) is 5.92 Å². The Morgan fingerprint density at radius 1 is 0.750 bits per heavy atom. The van der Waals surface area contributed by atoms with Gasteiger partial charge in [0.2, 0.25) is 0 Å². The highest BCUT2D eigenvalue weighted by molar-refractivity contribution is 6.10. The van der Waals surface area contributed by atoms with Gasteiger partial charge in [0.25, 0.3) is 0 Å². The highest BCUT2D eigenvalue weighted by atomic mass is 16.3. The van der Waals surface area contributed by atoms with E-state index >= 15 is 0 Å². The molecule has 0 unspecified atom stereocenters. The lowest BCUT2D eigenvalue weighted by Crippen LogP contribution is -1.84. The molecule has 3 aromatic carbocycles. The summed E-state index contributed by atoms with van der Waals surface area (Å²) in [4.78, 5) is 0. The fraction of sp³-hybridized carbons (Fsp3) is 0.158. The number of benzene rings is 3. The predicted octanol–water partition coefficient (Wildman–Crippen LogP) is 5.86. The molecule has 1 nitrogen and oxygen atoms in total. The summed E-state index contributed by atoms with van der Waals surface area (Å²) in [5.41, 5.74) is 3.28. The largest absolute Gasteiger partial charge is 0.456 e. The molecule has 0 radical (unpaired) electrons. The van der Waals surface area contributed by atoms with Crippen molar-refractivity contribution in [1.82, 2.24) is 0 Å². The molecule has 0 spiro atoms. The average Bonchev–Trinajstić information content (AvgIpc) is 2.81. The highest BCUT2D eigenvalue weighted by Gasteiger charge is 2.09. The molecule has 0 fully saturated rings. The Labute approximate surface area is 117 Å². The van der Waals surface area contributed by atoms with Crippen LogP contribution in [0.5, 0.6) is 0 Å². The van der Waals surface area contributed by atoms with Crippen LogP contribution in [0.3, 0.4) is 0 Å². The molecule has 20 heavy (non-hydrogen) atoms. The van der Waals surface area contributed by atoms with E-state index in [4.69, 9.17) is 4.42 Å². The molecule has 0 saturated carbocycles. The summed E-state index contributed by atoms with van der Waals surface area (Å²) in [5.74, 6) is 0.520. The van der Waals surface area contributed by atoms with Crippen molar-refractivity contribution in [2.75, 3.05) is 0 Å². The Kier molecular flexibility index (Phi) is 2.37. The van der Waals surface area contributed by atoms with Crippen LogP contribution >= 0.6 is 0 Å². The van der Waals surface area contributed by atoms with E-state index in [9.17, 15) is 0 Å². The van der Waals surface area contributed by atoms with Gasteiger partial charge in [-0.2, -0.15) is 0 Å². The van der Waals surface area contributed by atoms with Crippen LogP contribution in [0.1, 0.15) is 25.3 Å². The summed E-state index contributed by atoms with van der Waals surface area (Å²) in [5, 5.41) is 4.89. The number of rotatable bonds is 1. The minimum atomic E-state index is 0.520. The van der Waals surface area contributed by atoms with Crippen LogP contribution in [0, 0.1) is 0 Å². The second-order valence-electron chi connectivity index (χ2n) is 5.71. The predicted molar refractivity (Wildman–Crippen MR) is 85.3 cm³/mol. The summed E-state index contributed by atoms with van der Waals surface area (Å²) in [6, 6.07) is 19.3. The molecule has 0 amide bonds. The lowest BCUT2D eigenvalue weighted by Gasteiger charge is -2.03. The minimum Gasteiger partial charge on any atom is -0.456 e.